The first-order valence-electron chi connectivity index (χ1n) is 7.67. The fourth-order valence-electron chi connectivity index (χ4n) is 3.45. The Morgan fingerprint density at radius 1 is 1.00 bits per heavy atom. The van der Waals surface area contributed by atoms with Crippen LogP contribution in [-0.4, -0.2) is 34.5 Å². The fraction of sp³-hybridized carbons (Fsp3) is 0.867. The third kappa shape index (κ3) is 3.90. The molecule has 2 rings (SSSR count). The molecule has 114 valence electrons. The van der Waals surface area contributed by atoms with Crippen LogP contribution in [0, 0.1) is 11.8 Å². The Labute approximate surface area is 125 Å². The summed E-state index contributed by atoms with van der Waals surface area (Å²) >= 11 is 1.85. The van der Waals surface area contributed by atoms with E-state index in [1.165, 1.54) is 19.3 Å². The Kier molecular flexibility index (Phi) is 5.75. The van der Waals surface area contributed by atoms with E-state index in [-0.39, 0.29) is 17.7 Å². The van der Waals surface area contributed by atoms with E-state index in [2.05, 4.69) is 11.6 Å². The zero-order valence-corrected chi connectivity index (χ0v) is 13.0. The first kappa shape index (κ1) is 15.7. The van der Waals surface area contributed by atoms with E-state index >= 15 is 0 Å². The Balaban J connectivity index is 1.81. The van der Waals surface area contributed by atoms with E-state index in [9.17, 15) is 9.59 Å². The van der Waals surface area contributed by atoms with Gasteiger partial charge < -0.3 is 10.4 Å². The number of nitrogens with one attached hydrogen (secondary N) is 1. The second-order valence-electron chi connectivity index (χ2n) is 6.06. The molecule has 2 aliphatic carbocycles. The average Bonchev–Trinajstić information content (AvgIpc) is 2.48. The second-order valence-corrected chi connectivity index (χ2v) is 7.14. The molecular formula is C15H25NO3S. The molecule has 20 heavy (non-hydrogen) atoms. The molecule has 2 fully saturated rings. The Bertz CT molecular complexity index is 353. The van der Waals surface area contributed by atoms with E-state index in [1.807, 2.05) is 11.8 Å². The molecule has 2 aliphatic rings. The standard InChI is InChI=1S/C15H25NO3S/c1-20-13-5-3-2-4-12(13)16-14(17)10-6-8-11(9-7-10)15(18)19/h10-13H,2-9H2,1H3,(H,16,17)(H,18,19). The SMILES string of the molecule is CSC1CCCCC1NC(=O)C1CCC(C(=O)O)CC1. The maximum absolute atomic E-state index is 12.3. The van der Waals surface area contributed by atoms with Crippen LogP contribution in [0.25, 0.3) is 0 Å². The van der Waals surface area contributed by atoms with Crippen molar-refractivity contribution in [1.82, 2.24) is 5.32 Å². The number of carboxylic acids is 1. The molecule has 2 saturated carbocycles. The van der Waals surface area contributed by atoms with Crippen LogP contribution in [0.5, 0.6) is 0 Å². The van der Waals surface area contributed by atoms with E-state index in [0.29, 0.717) is 24.1 Å². The second kappa shape index (κ2) is 7.34. The van der Waals surface area contributed by atoms with E-state index in [0.717, 1.165) is 19.3 Å². The summed E-state index contributed by atoms with van der Waals surface area (Å²) < 4.78 is 0. The van der Waals surface area contributed by atoms with Gasteiger partial charge in [-0.15, -0.1) is 0 Å². The van der Waals surface area contributed by atoms with E-state index in [4.69, 9.17) is 5.11 Å². The van der Waals surface area contributed by atoms with Crippen molar-refractivity contribution in [3.05, 3.63) is 0 Å². The molecule has 4 nitrogen and oxygen atoms in total. The molecule has 0 aliphatic heterocycles. The highest BCUT2D eigenvalue weighted by Gasteiger charge is 2.32. The lowest BCUT2D eigenvalue weighted by molar-refractivity contribution is -0.144. The summed E-state index contributed by atoms with van der Waals surface area (Å²) in [4.78, 5) is 23.3. The maximum Gasteiger partial charge on any atom is 0.306 e. The van der Waals surface area contributed by atoms with Gasteiger partial charge in [0, 0.05) is 17.2 Å². The number of rotatable bonds is 4. The smallest absolute Gasteiger partial charge is 0.306 e. The van der Waals surface area contributed by atoms with Gasteiger partial charge in [-0.1, -0.05) is 12.8 Å². The monoisotopic (exact) mass is 299 g/mol. The highest BCUT2D eigenvalue weighted by Crippen LogP contribution is 2.31. The third-order valence-electron chi connectivity index (χ3n) is 4.78. The van der Waals surface area contributed by atoms with Gasteiger partial charge in [0.05, 0.1) is 5.92 Å². The largest absolute Gasteiger partial charge is 0.481 e. The molecule has 0 aromatic carbocycles. The number of amides is 1. The van der Waals surface area contributed by atoms with Crippen molar-refractivity contribution >= 4 is 23.6 Å². The zero-order chi connectivity index (χ0) is 14.5. The Morgan fingerprint density at radius 2 is 1.60 bits per heavy atom. The van der Waals surface area contributed by atoms with Gasteiger partial charge >= 0.3 is 5.97 Å². The lowest BCUT2D eigenvalue weighted by Crippen LogP contribution is -2.46. The molecule has 2 atom stereocenters. The summed E-state index contributed by atoms with van der Waals surface area (Å²) in [5.41, 5.74) is 0. The summed E-state index contributed by atoms with van der Waals surface area (Å²) in [6, 6.07) is 0.309. The number of hydrogen-bond acceptors (Lipinski definition) is 3. The fourth-order valence-corrected chi connectivity index (χ4v) is 4.38. The Morgan fingerprint density at radius 3 is 2.20 bits per heavy atom. The topological polar surface area (TPSA) is 66.4 Å². The number of thioether (sulfide) groups is 1. The van der Waals surface area contributed by atoms with Crippen molar-refractivity contribution in [3.63, 3.8) is 0 Å². The van der Waals surface area contributed by atoms with Crippen LogP contribution in [0.2, 0.25) is 0 Å². The minimum atomic E-state index is -0.710. The summed E-state index contributed by atoms with van der Waals surface area (Å²) in [5.74, 6) is -0.777. The first-order chi connectivity index (χ1) is 9.61. The van der Waals surface area contributed by atoms with Crippen LogP contribution < -0.4 is 5.32 Å². The molecule has 2 unspecified atom stereocenters. The first-order valence-corrected chi connectivity index (χ1v) is 8.96. The van der Waals surface area contributed by atoms with Gasteiger partial charge in [0.1, 0.15) is 0 Å². The number of carbonyl (C=O) groups excluding carboxylic acids is 1. The summed E-state index contributed by atoms with van der Waals surface area (Å²) in [6.07, 6.45) is 9.59. The lowest BCUT2D eigenvalue weighted by atomic mass is 9.81. The van der Waals surface area contributed by atoms with Gasteiger partial charge in [0.15, 0.2) is 0 Å². The number of carboxylic acid groups (broad SMARTS) is 1. The third-order valence-corrected chi connectivity index (χ3v) is 5.95. The van der Waals surface area contributed by atoms with E-state index in [1.54, 1.807) is 0 Å². The molecule has 0 radical (unpaired) electrons. The quantitative estimate of drug-likeness (QED) is 0.837. The molecule has 0 saturated heterocycles. The molecule has 5 heteroatoms. The van der Waals surface area contributed by atoms with Crippen LogP contribution in [-0.2, 0) is 9.59 Å². The normalized spacial score (nSPS) is 34.5. The summed E-state index contributed by atoms with van der Waals surface area (Å²) in [6.45, 7) is 0. The van der Waals surface area contributed by atoms with Gasteiger partial charge in [-0.25, -0.2) is 0 Å². The number of carbonyl (C=O) groups is 2. The molecule has 0 aromatic heterocycles. The van der Waals surface area contributed by atoms with Gasteiger partial charge in [0.2, 0.25) is 5.91 Å². The summed E-state index contributed by atoms with van der Waals surface area (Å²) in [5, 5.41) is 12.8. The number of hydrogen-bond donors (Lipinski definition) is 2. The van der Waals surface area contributed by atoms with Crippen molar-refractivity contribution < 1.29 is 14.7 Å². The van der Waals surface area contributed by atoms with Crippen LogP contribution in [0.1, 0.15) is 51.4 Å². The van der Waals surface area contributed by atoms with Gasteiger partial charge in [0.25, 0.3) is 0 Å². The van der Waals surface area contributed by atoms with Crippen molar-refractivity contribution in [2.24, 2.45) is 11.8 Å². The average molecular weight is 299 g/mol. The Hall–Kier alpha value is -0.710. The predicted molar refractivity (Wildman–Crippen MR) is 80.8 cm³/mol. The molecule has 1 amide bonds. The summed E-state index contributed by atoms with van der Waals surface area (Å²) in [7, 11) is 0. The van der Waals surface area contributed by atoms with Crippen LogP contribution >= 0.6 is 11.8 Å². The molecular weight excluding hydrogens is 274 g/mol. The minimum Gasteiger partial charge on any atom is -0.481 e. The molecule has 0 spiro atoms. The highest BCUT2D eigenvalue weighted by atomic mass is 32.2. The molecule has 0 aromatic rings. The van der Waals surface area contributed by atoms with Gasteiger partial charge in [-0.3, -0.25) is 9.59 Å². The molecule has 0 bridgehead atoms. The van der Waals surface area contributed by atoms with Gasteiger partial charge in [-0.05, 0) is 44.8 Å². The molecule has 0 heterocycles. The van der Waals surface area contributed by atoms with Crippen molar-refractivity contribution in [2.75, 3.05) is 6.26 Å². The van der Waals surface area contributed by atoms with Crippen molar-refractivity contribution in [2.45, 2.75) is 62.7 Å². The minimum absolute atomic E-state index is 0.0232. The van der Waals surface area contributed by atoms with Crippen molar-refractivity contribution in [3.8, 4) is 0 Å². The van der Waals surface area contributed by atoms with E-state index < -0.39 is 5.97 Å². The predicted octanol–water partition coefficient (Wildman–Crippen LogP) is 2.67. The lowest BCUT2D eigenvalue weighted by Gasteiger charge is -2.33. The maximum atomic E-state index is 12.3. The van der Waals surface area contributed by atoms with Crippen LogP contribution in [0.3, 0.4) is 0 Å². The zero-order valence-electron chi connectivity index (χ0n) is 12.1. The molecule has 2 N–H and O–H groups in total. The van der Waals surface area contributed by atoms with Crippen LogP contribution in [0.15, 0.2) is 0 Å². The van der Waals surface area contributed by atoms with Crippen LogP contribution in [0.4, 0.5) is 0 Å². The highest BCUT2D eigenvalue weighted by molar-refractivity contribution is 7.99. The number of aliphatic carboxylic acids is 1. The van der Waals surface area contributed by atoms with Gasteiger partial charge in [-0.2, -0.15) is 11.8 Å². The van der Waals surface area contributed by atoms with Crippen molar-refractivity contribution in [1.29, 1.82) is 0 Å².